The minimum absolute atomic E-state index is 0.618. The second kappa shape index (κ2) is 10.3. The predicted molar refractivity (Wildman–Crippen MR) is 114 cm³/mol. The first kappa shape index (κ1) is 23.3. The maximum absolute atomic E-state index is 13.4. The number of rotatable bonds is 4. The van der Waals surface area contributed by atoms with Crippen molar-refractivity contribution in [1.82, 2.24) is 14.5 Å². The van der Waals surface area contributed by atoms with Crippen LogP contribution < -0.4 is 0 Å². The standard InChI is InChI=1S/C21H23F2N3.C2H2O4/c1-15-24-20-4-2-3-5-21(20)26(15)14-16-8-10-25(11-9-16)13-17-6-7-18(22)19(23)12-17;3-1(4)2(5)6/h2-7,12,16H,8-11,13-14H2,1H3;(H,3,4)(H,5,6). The van der Waals surface area contributed by atoms with Gasteiger partial charge in [-0.05, 0) is 68.6 Å². The number of aryl methyl sites for hydroxylation is 1. The lowest BCUT2D eigenvalue weighted by Gasteiger charge is -2.32. The van der Waals surface area contributed by atoms with Crippen LogP contribution in [-0.4, -0.2) is 49.7 Å². The number of carboxylic acid groups (broad SMARTS) is 2. The molecule has 4 rings (SSSR count). The van der Waals surface area contributed by atoms with Crippen molar-refractivity contribution in [1.29, 1.82) is 0 Å². The first-order chi connectivity index (χ1) is 15.2. The van der Waals surface area contributed by atoms with E-state index in [9.17, 15) is 8.78 Å². The molecule has 0 unspecified atom stereocenters. The number of hydrogen-bond donors (Lipinski definition) is 2. The number of fused-ring (bicyclic) bond motifs is 1. The van der Waals surface area contributed by atoms with E-state index in [1.165, 1.54) is 17.6 Å². The van der Waals surface area contributed by atoms with Crippen molar-refractivity contribution in [2.24, 2.45) is 5.92 Å². The molecule has 2 N–H and O–H groups in total. The molecule has 0 aliphatic carbocycles. The first-order valence-corrected chi connectivity index (χ1v) is 10.3. The van der Waals surface area contributed by atoms with E-state index in [-0.39, 0.29) is 0 Å². The zero-order chi connectivity index (χ0) is 23.3. The van der Waals surface area contributed by atoms with E-state index >= 15 is 0 Å². The third kappa shape index (κ3) is 5.88. The highest BCUT2D eigenvalue weighted by Gasteiger charge is 2.21. The van der Waals surface area contributed by atoms with Crippen LogP contribution in [0.25, 0.3) is 11.0 Å². The third-order valence-corrected chi connectivity index (χ3v) is 5.57. The van der Waals surface area contributed by atoms with Crippen LogP contribution in [-0.2, 0) is 22.7 Å². The fraction of sp³-hybridized carbons (Fsp3) is 0.348. The summed E-state index contributed by atoms with van der Waals surface area (Å²) in [5, 5.41) is 14.8. The number of benzene rings is 2. The van der Waals surface area contributed by atoms with Gasteiger partial charge < -0.3 is 14.8 Å². The lowest BCUT2D eigenvalue weighted by molar-refractivity contribution is -0.159. The zero-order valence-electron chi connectivity index (χ0n) is 17.7. The molecule has 0 spiro atoms. The maximum Gasteiger partial charge on any atom is 0.414 e. The Morgan fingerprint density at radius 1 is 1.03 bits per heavy atom. The van der Waals surface area contributed by atoms with Crippen molar-refractivity contribution in [3.63, 3.8) is 0 Å². The summed E-state index contributed by atoms with van der Waals surface area (Å²) in [4.78, 5) is 25.2. The van der Waals surface area contributed by atoms with E-state index in [1.54, 1.807) is 6.07 Å². The van der Waals surface area contributed by atoms with Crippen LogP contribution in [0.3, 0.4) is 0 Å². The van der Waals surface area contributed by atoms with Gasteiger partial charge in [-0.15, -0.1) is 0 Å². The topological polar surface area (TPSA) is 95.7 Å². The van der Waals surface area contributed by atoms with Gasteiger partial charge in [-0.25, -0.2) is 23.4 Å². The average Bonchev–Trinajstić information content (AvgIpc) is 3.07. The lowest BCUT2D eigenvalue weighted by atomic mass is 9.96. The molecule has 1 aromatic heterocycles. The minimum atomic E-state index is -1.82. The van der Waals surface area contributed by atoms with Gasteiger partial charge >= 0.3 is 11.9 Å². The number of carboxylic acids is 2. The van der Waals surface area contributed by atoms with Gasteiger partial charge in [-0.1, -0.05) is 18.2 Å². The summed E-state index contributed by atoms with van der Waals surface area (Å²) in [5.41, 5.74) is 3.09. The molecule has 0 saturated carbocycles. The zero-order valence-corrected chi connectivity index (χ0v) is 17.7. The van der Waals surface area contributed by atoms with E-state index < -0.39 is 23.6 Å². The normalized spacial score (nSPS) is 14.7. The Morgan fingerprint density at radius 3 is 2.31 bits per heavy atom. The first-order valence-electron chi connectivity index (χ1n) is 10.3. The Balaban J connectivity index is 0.000000427. The fourth-order valence-corrected chi connectivity index (χ4v) is 3.91. The van der Waals surface area contributed by atoms with Crippen LogP contribution in [0.5, 0.6) is 0 Å². The highest BCUT2D eigenvalue weighted by atomic mass is 19.2. The summed E-state index contributed by atoms with van der Waals surface area (Å²) >= 11 is 0. The molecule has 32 heavy (non-hydrogen) atoms. The number of hydrogen-bond acceptors (Lipinski definition) is 4. The van der Waals surface area contributed by atoms with Gasteiger partial charge in [0.1, 0.15) is 5.82 Å². The molecule has 0 amide bonds. The minimum Gasteiger partial charge on any atom is -0.473 e. The number of aromatic nitrogens is 2. The third-order valence-electron chi connectivity index (χ3n) is 5.57. The van der Waals surface area contributed by atoms with Crippen LogP contribution in [0.1, 0.15) is 24.2 Å². The van der Waals surface area contributed by atoms with Gasteiger partial charge in [0.2, 0.25) is 0 Å². The Hall–Kier alpha value is -3.33. The van der Waals surface area contributed by atoms with Gasteiger partial charge in [0.15, 0.2) is 11.6 Å². The van der Waals surface area contributed by atoms with Crippen molar-refractivity contribution in [2.75, 3.05) is 13.1 Å². The SMILES string of the molecule is Cc1nc2ccccc2n1CC1CCN(Cc2ccc(F)c(F)c2)CC1.O=C(O)C(=O)O. The van der Waals surface area contributed by atoms with Gasteiger partial charge in [-0.3, -0.25) is 4.90 Å². The number of piperidine rings is 1. The number of imidazole rings is 1. The van der Waals surface area contributed by atoms with Gasteiger partial charge in [0.25, 0.3) is 0 Å². The Bertz CT molecular complexity index is 1100. The van der Waals surface area contributed by atoms with Crippen molar-refractivity contribution in [2.45, 2.75) is 32.9 Å². The molecule has 170 valence electrons. The second-order valence-corrected chi connectivity index (χ2v) is 7.84. The maximum atomic E-state index is 13.4. The number of nitrogens with zero attached hydrogens (tertiary/aromatic N) is 3. The second-order valence-electron chi connectivity index (χ2n) is 7.84. The van der Waals surface area contributed by atoms with E-state index in [2.05, 4.69) is 39.6 Å². The highest BCUT2D eigenvalue weighted by molar-refractivity contribution is 6.27. The molecular formula is C23H25F2N3O4. The van der Waals surface area contributed by atoms with Crippen LogP contribution in [0.2, 0.25) is 0 Å². The molecule has 0 atom stereocenters. The summed E-state index contributed by atoms with van der Waals surface area (Å²) in [6, 6.07) is 12.5. The Kier molecular flexibility index (Phi) is 7.53. The molecule has 1 saturated heterocycles. The number of carbonyl (C=O) groups is 2. The summed E-state index contributed by atoms with van der Waals surface area (Å²) < 4.78 is 28.8. The number of para-hydroxylation sites is 2. The molecular weight excluding hydrogens is 420 g/mol. The Morgan fingerprint density at radius 2 is 1.69 bits per heavy atom. The van der Waals surface area contributed by atoms with E-state index in [0.29, 0.717) is 12.5 Å². The molecule has 0 radical (unpaired) electrons. The molecule has 2 heterocycles. The average molecular weight is 445 g/mol. The number of halogens is 2. The summed E-state index contributed by atoms with van der Waals surface area (Å²) in [5.74, 6) is -3.51. The van der Waals surface area contributed by atoms with Crippen LogP contribution >= 0.6 is 0 Å². The summed E-state index contributed by atoms with van der Waals surface area (Å²) in [7, 11) is 0. The highest BCUT2D eigenvalue weighted by Crippen LogP contribution is 2.24. The van der Waals surface area contributed by atoms with Crippen molar-refractivity contribution in [3.8, 4) is 0 Å². The van der Waals surface area contributed by atoms with Crippen LogP contribution in [0.15, 0.2) is 42.5 Å². The molecule has 0 bridgehead atoms. The molecule has 9 heteroatoms. The number of likely N-dealkylation sites (tertiary alicyclic amines) is 1. The molecule has 7 nitrogen and oxygen atoms in total. The van der Waals surface area contributed by atoms with Crippen LogP contribution in [0, 0.1) is 24.5 Å². The van der Waals surface area contributed by atoms with Crippen LogP contribution in [0.4, 0.5) is 8.78 Å². The van der Waals surface area contributed by atoms with Gasteiger partial charge in [0, 0.05) is 13.1 Å². The smallest absolute Gasteiger partial charge is 0.414 e. The van der Waals surface area contributed by atoms with Gasteiger partial charge in [0.05, 0.1) is 11.0 Å². The van der Waals surface area contributed by atoms with E-state index in [4.69, 9.17) is 19.8 Å². The summed E-state index contributed by atoms with van der Waals surface area (Å²) in [6.45, 7) is 5.70. The molecule has 2 aromatic carbocycles. The molecule has 1 fully saturated rings. The quantitative estimate of drug-likeness (QED) is 0.595. The van der Waals surface area contributed by atoms with E-state index in [1.807, 2.05) is 6.07 Å². The van der Waals surface area contributed by atoms with Crippen molar-refractivity contribution in [3.05, 3.63) is 65.5 Å². The largest absolute Gasteiger partial charge is 0.473 e. The fourth-order valence-electron chi connectivity index (χ4n) is 3.91. The Labute approximate surface area is 183 Å². The molecule has 1 aliphatic heterocycles. The monoisotopic (exact) mass is 445 g/mol. The predicted octanol–water partition coefficient (Wildman–Crippen LogP) is 3.69. The van der Waals surface area contributed by atoms with Crippen molar-refractivity contribution >= 4 is 23.0 Å². The van der Waals surface area contributed by atoms with E-state index in [0.717, 1.165) is 49.4 Å². The lowest BCUT2D eigenvalue weighted by Crippen LogP contribution is -2.34. The molecule has 1 aliphatic rings. The number of aliphatic carboxylic acids is 2. The summed E-state index contributed by atoms with van der Waals surface area (Å²) in [6.07, 6.45) is 2.21. The van der Waals surface area contributed by atoms with Gasteiger partial charge in [-0.2, -0.15) is 0 Å². The molecule has 3 aromatic rings. The van der Waals surface area contributed by atoms with Crippen molar-refractivity contribution < 1.29 is 28.6 Å².